The van der Waals surface area contributed by atoms with E-state index in [1.54, 1.807) is 0 Å². The lowest BCUT2D eigenvalue weighted by Crippen LogP contribution is -2.22. The molecule has 0 aromatic heterocycles. The van der Waals surface area contributed by atoms with Gasteiger partial charge in [0, 0.05) is 12.7 Å². The normalized spacial score (nSPS) is 9.50. The summed E-state index contributed by atoms with van der Waals surface area (Å²) in [6, 6.07) is 3.64. The highest BCUT2D eigenvalue weighted by molar-refractivity contribution is 5.97. The van der Waals surface area contributed by atoms with Crippen LogP contribution >= 0.6 is 0 Å². The predicted molar refractivity (Wildman–Crippen MR) is 47.3 cm³/mol. The van der Waals surface area contributed by atoms with Crippen molar-refractivity contribution in [3.8, 4) is 0 Å². The third-order valence-corrected chi connectivity index (χ3v) is 1.76. The van der Waals surface area contributed by atoms with E-state index in [1.165, 1.54) is 25.2 Å². The van der Waals surface area contributed by atoms with Crippen LogP contribution in [0.1, 0.15) is 20.7 Å². The smallest absolute Gasteiger partial charge is 0.337 e. The van der Waals surface area contributed by atoms with Gasteiger partial charge in [-0.15, -0.1) is 0 Å². The summed E-state index contributed by atoms with van der Waals surface area (Å²) >= 11 is 0. The van der Waals surface area contributed by atoms with Gasteiger partial charge >= 0.3 is 5.97 Å². The van der Waals surface area contributed by atoms with Crippen molar-refractivity contribution >= 4 is 17.6 Å². The Morgan fingerprint density at radius 3 is 2.50 bits per heavy atom. The molecule has 0 saturated carbocycles. The highest BCUT2D eigenvalue weighted by atomic mass is 16.4. The summed E-state index contributed by atoms with van der Waals surface area (Å²) in [5, 5.41) is 21.8. The third kappa shape index (κ3) is 1.82. The van der Waals surface area contributed by atoms with Gasteiger partial charge < -0.3 is 20.3 Å². The second kappa shape index (κ2) is 3.78. The number of benzene rings is 1. The second-order valence-corrected chi connectivity index (χ2v) is 2.60. The van der Waals surface area contributed by atoms with E-state index in [2.05, 4.69) is 5.32 Å². The Balaban J connectivity index is 3.25. The predicted octanol–water partition coefficient (Wildman–Crippen LogP) is -0.210. The minimum Gasteiger partial charge on any atom is -0.545 e. The van der Waals surface area contributed by atoms with Crippen LogP contribution in [-0.2, 0) is 0 Å². The van der Waals surface area contributed by atoms with Gasteiger partial charge in [0.1, 0.15) is 0 Å². The molecule has 74 valence electrons. The number of carbonyl (C=O) groups is 2. The van der Waals surface area contributed by atoms with Gasteiger partial charge in [0.2, 0.25) is 0 Å². The number of hydrogen-bond donors (Lipinski definition) is 2. The summed E-state index contributed by atoms with van der Waals surface area (Å²) in [7, 11) is 1.51. The van der Waals surface area contributed by atoms with E-state index < -0.39 is 11.9 Å². The molecular weight excluding hydrogens is 186 g/mol. The molecule has 0 aliphatic heterocycles. The Hall–Kier alpha value is -2.04. The number of hydrogen-bond acceptors (Lipinski definition) is 4. The fraction of sp³-hybridized carbons (Fsp3) is 0.111. The molecule has 2 N–H and O–H groups in total. The van der Waals surface area contributed by atoms with E-state index in [-0.39, 0.29) is 16.8 Å². The molecule has 0 saturated heterocycles. The summed E-state index contributed by atoms with van der Waals surface area (Å²) in [4.78, 5) is 21.1. The number of carbonyl (C=O) groups excluding carboxylic acids is 1. The first-order chi connectivity index (χ1) is 6.56. The van der Waals surface area contributed by atoms with Gasteiger partial charge in [-0.3, -0.25) is 0 Å². The summed E-state index contributed by atoms with van der Waals surface area (Å²) in [6.45, 7) is 0. The topological polar surface area (TPSA) is 89.5 Å². The lowest BCUT2D eigenvalue weighted by molar-refractivity contribution is -0.255. The molecule has 5 nitrogen and oxygen atoms in total. The Bertz CT molecular complexity index is 386. The second-order valence-electron chi connectivity index (χ2n) is 2.60. The van der Waals surface area contributed by atoms with Crippen molar-refractivity contribution in [1.29, 1.82) is 0 Å². The van der Waals surface area contributed by atoms with Gasteiger partial charge in [-0.1, -0.05) is 6.07 Å². The summed E-state index contributed by atoms with van der Waals surface area (Å²) in [5.41, 5.74) is 0.219. The zero-order chi connectivity index (χ0) is 10.7. The SMILES string of the molecule is CNc1cc(C(=O)[O-])ccc1C(=O)O. The highest BCUT2D eigenvalue weighted by Gasteiger charge is 2.09. The minimum atomic E-state index is -1.33. The molecule has 14 heavy (non-hydrogen) atoms. The highest BCUT2D eigenvalue weighted by Crippen LogP contribution is 2.16. The van der Waals surface area contributed by atoms with E-state index in [0.717, 1.165) is 0 Å². The van der Waals surface area contributed by atoms with Gasteiger partial charge in [-0.05, 0) is 17.7 Å². The van der Waals surface area contributed by atoms with Crippen LogP contribution in [0.3, 0.4) is 0 Å². The molecular formula is C9H8NO4-. The van der Waals surface area contributed by atoms with Crippen LogP contribution in [-0.4, -0.2) is 24.1 Å². The monoisotopic (exact) mass is 194 g/mol. The van der Waals surface area contributed by atoms with Crippen LogP contribution < -0.4 is 10.4 Å². The molecule has 0 aliphatic rings. The molecule has 0 radical (unpaired) electrons. The quantitative estimate of drug-likeness (QED) is 0.694. The largest absolute Gasteiger partial charge is 0.545 e. The van der Waals surface area contributed by atoms with Gasteiger partial charge in [0.25, 0.3) is 0 Å². The maximum absolute atomic E-state index is 10.7. The van der Waals surface area contributed by atoms with Crippen molar-refractivity contribution in [2.75, 3.05) is 12.4 Å². The molecule has 5 heteroatoms. The van der Waals surface area contributed by atoms with Crippen molar-refractivity contribution < 1.29 is 19.8 Å². The van der Waals surface area contributed by atoms with E-state index in [0.29, 0.717) is 0 Å². The van der Waals surface area contributed by atoms with Crippen LogP contribution in [0, 0.1) is 0 Å². The molecule has 1 aromatic rings. The molecule has 1 aromatic carbocycles. The number of aromatic carboxylic acids is 2. The minimum absolute atomic E-state index is 0.0255. The first kappa shape index (κ1) is 10.0. The average Bonchev–Trinajstić information content (AvgIpc) is 2.16. The summed E-state index contributed by atoms with van der Waals surface area (Å²) in [5.74, 6) is -2.45. The lowest BCUT2D eigenvalue weighted by atomic mass is 10.1. The van der Waals surface area contributed by atoms with Gasteiger partial charge in [0.15, 0.2) is 0 Å². The van der Waals surface area contributed by atoms with E-state index in [4.69, 9.17) is 5.11 Å². The van der Waals surface area contributed by atoms with Crippen molar-refractivity contribution in [2.24, 2.45) is 0 Å². The summed E-state index contributed by atoms with van der Waals surface area (Å²) < 4.78 is 0. The van der Waals surface area contributed by atoms with Crippen LogP contribution in [0.4, 0.5) is 5.69 Å². The first-order valence-corrected chi connectivity index (χ1v) is 3.82. The molecule has 0 amide bonds. The van der Waals surface area contributed by atoms with Crippen molar-refractivity contribution in [3.63, 3.8) is 0 Å². The van der Waals surface area contributed by atoms with Gasteiger partial charge in [0.05, 0.1) is 11.5 Å². The molecule has 0 fully saturated rings. The van der Waals surface area contributed by atoms with Crippen LogP contribution in [0.5, 0.6) is 0 Å². The van der Waals surface area contributed by atoms with Gasteiger partial charge in [-0.25, -0.2) is 4.79 Å². The third-order valence-electron chi connectivity index (χ3n) is 1.76. The number of anilines is 1. The maximum Gasteiger partial charge on any atom is 0.337 e. The lowest BCUT2D eigenvalue weighted by Gasteiger charge is -2.08. The number of carboxylic acid groups (broad SMARTS) is 2. The van der Waals surface area contributed by atoms with Crippen LogP contribution in [0.2, 0.25) is 0 Å². The molecule has 0 bridgehead atoms. The fourth-order valence-electron chi connectivity index (χ4n) is 1.06. The fourth-order valence-corrected chi connectivity index (χ4v) is 1.06. The van der Waals surface area contributed by atoms with Gasteiger partial charge in [-0.2, -0.15) is 0 Å². The Morgan fingerprint density at radius 1 is 1.43 bits per heavy atom. The van der Waals surface area contributed by atoms with Crippen molar-refractivity contribution in [3.05, 3.63) is 29.3 Å². The Labute approximate surface area is 80.0 Å². The number of carboxylic acids is 2. The molecule has 0 spiro atoms. The zero-order valence-electron chi connectivity index (χ0n) is 7.40. The number of nitrogens with one attached hydrogen (secondary N) is 1. The maximum atomic E-state index is 10.7. The van der Waals surface area contributed by atoms with E-state index in [9.17, 15) is 14.7 Å². The molecule has 1 rings (SSSR count). The van der Waals surface area contributed by atoms with Crippen LogP contribution in [0.25, 0.3) is 0 Å². The Kier molecular flexibility index (Phi) is 2.71. The first-order valence-electron chi connectivity index (χ1n) is 3.82. The van der Waals surface area contributed by atoms with Crippen molar-refractivity contribution in [2.45, 2.75) is 0 Å². The zero-order valence-corrected chi connectivity index (χ0v) is 7.40. The van der Waals surface area contributed by atoms with E-state index in [1.807, 2.05) is 0 Å². The van der Waals surface area contributed by atoms with Crippen molar-refractivity contribution in [1.82, 2.24) is 0 Å². The molecule has 0 heterocycles. The molecule has 0 aliphatic carbocycles. The standard InChI is InChI=1S/C9H9NO4/c1-10-7-4-5(8(11)12)2-3-6(7)9(13)14/h2-4,10H,1H3,(H,11,12)(H,13,14)/p-1. The van der Waals surface area contributed by atoms with Crippen LogP contribution in [0.15, 0.2) is 18.2 Å². The average molecular weight is 194 g/mol. The van der Waals surface area contributed by atoms with E-state index >= 15 is 0 Å². The molecule has 0 unspecified atom stereocenters. The number of rotatable bonds is 3. The Morgan fingerprint density at radius 2 is 2.07 bits per heavy atom. The molecule has 0 atom stereocenters. The summed E-state index contributed by atoms with van der Waals surface area (Å²) in [6.07, 6.45) is 0.